The number of nitrogens with one attached hydrogen (secondary N) is 2. The number of halogens is 2. The second kappa shape index (κ2) is 9.32. The van der Waals surface area contributed by atoms with E-state index in [0.29, 0.717) is 19.0 Å². The van der Waals surface area contributed by atoms with E-state index in [1.807, 2.05) is 64.6 Å². The number of imidazole rings is 1. The molecule has 4 heterocycles. The first-order chi connectivity index (χ1) is 13.2. The van der Waals surface area contributed by atoms with Gasteiger partial charge in [-0.1, -0.05) is 6.07 Å². The number of fused-ring (bicyclic) bond motifs is 2. The first-order valence-electron chi connectivity index (χ1n) is 8.67. The van der Waals surface area contributed by atoms with Crippen LogP contribution in [0.15, 0.2) is 58.4 Å². The molecule has 0 atom stereocenters. The molecule has 0 saturated carbocycles. The van der Waals surface area contributed by atoms with Crippen LogP contribution in [0.1, 0.15) is 18.4 Å². The van der Waals surface area contributed by atoms with Gasteiger partial charge in [-0.3, -0.25) is 4.40 Å². The number of guanidine groups is 1. The highest BCUT2D eigenvalue weighted by Gasteiger charge is 2.06. The molecule has 0 aliphatic heterocycles. The number of rotatable bonds is 5. The van der Waals surface area contributed by atoms with Gasteiger partial charge in [-0.05, 0) is 47.1 Å². The quantitative estimate of drug-likeness (QED) is 0.225. The van der Waals surface area contributed by atoms with Crippen molar-refractivity contribution in [2.75, 3.05) is 6.54 Å². The van der Waals surface area contributed by atoms with Gasteiger partial charge < -0.3 is 15.0 Å². The third-order valence-corrected chi connectivity index (χ3v) is 4.48. The fraction of sp³-hybridized carbons (Fsp3) is 0.222. The topological polar surface area (TPSA) is 83.9 Å². The summed E-state index contributed by atoms with van der Waals surface area (Å²) in [5.41, 5.74) is 2.63. The van der Waals surface area contributed by atoms with Gasteiger partial charge in [-0.15, -0.1) is 34.2 Å². The molecule has 0 bridgehead atoms. The molecule has 10 heteroatoms. The third kappa shape index (κ3) is 4.61. The minimum absolute atomic E-state index is 0. The molecule has 0 fully saturated rings. The van der Waals surface area contributed by atoms with E-state index in [2.05, 4.69) is 46.7 Å². The second-order valence-electron chi connectivity index (χ2n) is 5.94. The molecule has 146 valence electrons. The smallest absolute Gasteiger partial charge is 0.192 e. The predicted molar refractivity (Wildman–Crippen MR) is 123 cm³/mol. The van der Waals surface area contributed by atoms with Gasteiger partial charge in [0.1, 0.15) is 5.65 Å². The van der Waals surface area contributed by atoms with Crippen LogP contribution in [0.25, 0.3) is 11.3 Å². The van der Waals surface area contributed by atoms with Crippen molar-refractivity contribution >= 4 is 57.2 Å². The molecule has 0 unspecified atom stereocenters. The van der Waals surface area contributed by atoms with Crippen LogP contribution in [0, 0.1) is 0 Å². The zero-order valence-corrected chi connectivity index (χ0v) is 19.1. The number of aliphatic imine (C=N–C) groups is 1. The van der Waals surface area contributed by atoms with Crippen molar-refractivity contribution in [1.82, 2.24) is 34.6 Å². The van der Waals surface area contributed by atoms with Crippen molar-refractivity contribution in [1.29, 1.82) is 0 Å². The lowest BCUT2D eigenvalue weighted by atomic mass is 10.4. The maximum atomic E-state index is 4.63. The highest BCUT2D eigenvalue weighted by atomic mass is 127. The summed E-state index contributed by atoms with van der Waals surface area (Å²) in [7, 11) is 0. The van der Waals surface area contributed by atoms with E-state index >= 15 is 0 Å². The van der Waals surface area contributed by atoms with Gasteiger partial charge in [0, 0.05) is 29.6 Å². The molecule has 4 aromatic rings. The zero-order chi connectivity index (χ0) is 18.6. The van der Waals surface area contributed by atoms with Gasteiger partial charge in [0.15, 0.2) is 17.4 Å². The summed E-state index contributed by atoms with van der Waals surface area (Å²) in [6, 6.07) is 9.78. The third-order valence-electron chi connectivity index (χ3n) is 4.01. The molecule has 4 aromatic heterocycles. The molecule has 8 nitrogen and oxygen atoms in total. The van der Waals surface area contributed by atoms with Gasteiger partial charge in [0.25, 0.3) is 0 Å². The molecule has 4 rings (SSSR count). The standard InChI is InChI=1S/C18H19BrN8.HI/c1-2-20-18(22-10-17-25-24-16-5-3-4-8-27(16)17)21-9-14-12-26-11-13(19)6-7-15(26)23-14;/h3-8,11-12H,2,9-10H2,1H3,(H2,20,21,22);1H. The Morgan fingerprint density at radius 1 is 1.11 bits per heavy atom. The fourth-order valence-electron chi connectivity index (χ4n) is 2.77. The summed E-state index contributed by atoms with van der Waals surface area (Å²) in [5.74, 6) is 1.54. The van der Waals surface area contributed by atoms with Crippen molar-refractivity contribution < 1.29 is 0 Å². The predicted octanol–water partition coefficient (Wildman–Crippen LogP) is 3.01. The summed E-state index contributed by atoms with van der Waals surface area (Å²) in [4.78, 5) is 9.22. The van der Waals surface area contributed by atoms with E-state index in [1.165, 1.54) is 0 Å². The van der Waals surface area contributed by atoms with E-state index < -0.39 is 0 Å². The van der Waals surface area contributed by atoms with E-state index in [9.17, 15) is 0 Å². The highest BCUT2D eigenvalue weighted by Crippen LogP contribution is 2.13. The molecule has 2 N–H and O–H groups in total. The number of nitrogens with zero attached hydrogens (tertiary/aromatic N) is 6. The van der Waals surface area contributed by atoms with Crippen molar-refractivity contribution in [3.8, 4) is 0 Å². The molecule has 0 saturated heterocycles. The molecule has 28 heavy (non-hydrogen) atoms. The maximum Gasteiger partial charge on any atom is 0.192 e. The van der Waals surface area contributed by atoms with Crippen molar-refractivity contribution in [2.24, 2.45) is 4.99 Å². The van der Waals surface area contributed by atoms with Gasteiger partial charge in [0.2, 0.25) is 0 Å². The van der Waals surface area contributed by atoms with E-state index in [-0.39, 0.29) is 24.0 Å². The van der Waals surface area contributed by atoms with Gasteiger partial charge in [-0.25, -0.2) is 9.98 Å². The average Bonchev–Trinajstić information content (AvgIpc) is 3.27. The van der Waals surface area contributed by atoms with Crippen molar-refractivity contribution in [2.45, 2.75) is 20.0 Å². The summed E-state index contributed by atoms with van der Waals surface area (Å²) < 4.78 is 4.95. The van der Waals surface area contributed by atoms with E-state index in [0.717, 1.165) is 33.8 Å². The van der Waals surface area contributed by atoms with Gasteiger partial charge >= 0.3 is 0 Å². The van der Waals surface area contributed by atoms with Crippen LogP contribution in [0.4, 0.5) is 0 Å². The lowest BCUT2D eigenvalue weighted by Crippen LogP contribution is -2.37. The summed E-state index contributed by atoms with van der Waals surface area (Å²) in [5, 5.41) is 14.9. The van der Waals surface area contributed by atoms with Gasteiger partial charge in [-0.2, -0.15) is 0 Å². The van der Waals surface area contributed by atoms with Crippen LogP contribution in [0.5, 0.6) is 0 Å². The second-order valence-corrected chi connectivity index (χ2v) is 6.85. The Labute approximate surface area is 187 Å². The lowest BCUT2D eigenvalue weighted by Gasteiger charge is -2.10. The molecule has 0 aliphatic rings. The first-order valence-corrected chi connectivity index (χ1v) is 9.46. The van der Waals surface area contributed by atoms with Crippen LogP contribution in [-0.2, 0) is 13.1 Å². The molecule has 0 radical (unpaired) electrons. The maximum absolute atomic E-state index is 4.63. The van der Waals surface area contributed by atoms with Gasteiger partial charge in [0.05, 0.1) is 18.8 Å². The number of hydrogen-bond acceptors (Lipinski definition) is 4. The first kappa shape index (κ1) is 20.5. The Morgan fingerprint density at radius 3 is 2.86 bits per heavy atom. The van der Waals surface area contributed by atoms with Crippen LogP contribution >= 0.6 is 39.9 Å². The van der Waals surface area contributed by atoms with Crippen LogP contribution in [0.3, 0.4) is 0 Å². The fourth-order valence-corrected chi connectivity index (χ4v) is 3.12. The molecule has 0 aliphatic carbocycles. The Bertz CT molecular complexity index is 1100. The van der Waals surface area contributed by atoms with E-state index in [1.54, 1.807) is 0 Å². The summed E-state index contributed by atoms with van der Waals surface area (Å²) >= 11 is 3.47. The summed E-state index contributed by atoms with van der Waals surface area (Å²) in [6.45, 7) is 3.81. The van der Waals surface area contributed by atoms with Crippen molar-refractivity contribution in [3.63, 3.8) is 0 Å². The number of hydrogen-bond donors (Lipinski definition) is 2. The molecule has 0 aromatic carbocycles. The number of pyridine rings is 2. The highest BCUT2D eigenvalue weighted by molar-refractivity contribution is 14.0. The van der Waals surface area contributed by atoms with Crippen LogP contribution in [-0.4, -0.2) is 36.5 Å². The zero-order valence-electron chi connectivity index (χ0n) is 15.2. The Kier molecular flexibility index (Phi) is 6.83. The van der Waals surface area contributed by atoms with Crippen molar-refractivity contribution in [3.05, 3.63) is 64.9 Å². The Balaban J connectivity index is 0.00000225. The minimum Gasteiger partial charge on any atom is -0.357 e. The molecule has 0 spiro atoms. The normalized spacial score (nSPS) is 11.6. The lowest BCUT2D eigenvalue weighted by molar-refractivity contribution is 0.764. The number of aromatic nitrogens is 5. The monoisotopic (exact) mass is 554 g/mol. The Morgan fingerprint density at radius 2 is 2.00 bits per heavy atom. The Hall–Kier alpha value is -2.21. The molecular weight excluding hydrogens is 535 g/mol. The molecular formula is C18H20BrIN8. The molecule has 0 amide bonds. The van der Waals surface area contributed by atoms with Crippen LogP contribution in [0.2, 0.25) is 0 Å². The largest absolute Gasteiger partial charge is 0.357 e. The minimum atomic E-state index is 0. The SMILES string of the molecule is CCNC(=NCc1cn2cc(Br)ccc2n1)NCc1nnc2ccccn12.I. The van der Waals surface area contributed by atoms with E-state index in [4.69, 9.17) is 0 Å². The van der Waals surface area contributed by atoms with Crippen LogP contribution < -0.4 is 10.6 Å². The summed E-state index contributed by atoms with van der Waals surface area (Å²) in [6.07, 6.45) is 5.92. The average molecular weight is 555 g/mol.